The zero-order chi connectivity index (χ0) is 13.7. The van der Waals surface area contributed by atoms with Crippen LogP contribution in [0.2, 0.25) is 0 Å². The molecule has 2 rings (SSSR count). The van der Waals surface area contributed by atoms with Crippen LogP contribution >= 0.6 is 0 Å². The van der Waals surface area contributed by atoms with Gasteiger partial charge in [-0.15, -0.1) is 0 Å². The van der Waals surface area contributed by atoms with E-state index in [0.29, 0.717) is 6.04 Å². The smallest absolute Gasteiger partial charge is 0.0474 e. The van der Waals surface area contributed by atoms with E-state index in [0.717, 1.165) is 43.9 Å². The molecule has 19 heavy (non-hydrogen) atoms. The second-order valence-corrected chi connectivity index (χ2v) is 6.77. The van der Waals surface area contributed by atoms with Crippen LogP contribution in [0.3, 0.4) is 0 Å². The minimum atomic E-state index is 0.640. The predicted molar refractivity (Wildman–Crippen MR) is 80.4 cm³/mol. The summed E-state index contributed by atoms with van der Waals surface area (Å²) in [6.45, 7) is 6.68. The highest BCUT2D eigenvalue weighted by Crippen LogP contribution is 2.48. The first-order chi connectivity index (χ1) is 9.20. The Morgan fingerprint density at radius 1 is 1.32 bits per heavy atom. The van der Waals surface area contributed by atoms with Crippen molar-refractivity contribution in [3.8, 4) is 0 Å². The van der Waals surface area contributed by atoms with Gasteiger partial charge in [0.25, 0.3) is 0 Å². The molecule has 0 heterocycles. The van der Waals surface area contributed by atoms with Crippen molar-refractivity contribution in [3.63, 3.8) is 0 Å². The van der Waals surface area contributed by atoms with Crippen LogP contribution in [0.4, 0.5) is 0 Å². The molecule has 1 N–H and O–H groups in total. The van der Waals surface area contributed by atoms with E-state index in [2.05, 4.69) is 24.2 Å². The fraction of sp³-hybridized carbons (Fsp3) is 1.00. The van der Waals surface area contributed by atoms with E-state index >= 15 is 0 Å². The summed E-state index contributed by atoms with van der Waals surface area (Å²) in [4.78, 5) is 2.56. The highest BCUT2D eigenvalue weighted by atomic mass is 16.5. The average Bonchev–Trinajstić information content (AvgIpc) is 3.00. The topological polar surface area (TPSA) is 24.5 Å². The standard InChI is InChI=1S/C16H32N2O/c1-13(11-17-7-4-8-19-3)18(2)12-16-10-14-5-6-15(16)9-14/h13-17H,4-12H2,1-3H3. The van der Waals surface area contributed by atoms with Gasteiger partial charge >= 0.3 is 0 Å². The third-order valence-electron chi connectivity index (χ3n) is 5.30. The number of hydrogen-bond acceptors (Lipinski definition) is 3. The summed E-state index contributed by atoms with van der Waals surface area (Å²) >= 11 is 0. The molecule has 0 aromatic heterocycles. The largest absolute Gasteiger partial charge is 0.385 e. The Morgan fingerprint density at radius 3 is 2.79 bits per heavy atom. The molecule has 3 heteroatoms. The molecule has 112 valence electrons. The molecule has 2 fully saturated rings. The van der Waals surface area contributed by atoms with E-state index in [1.54, 1.807) is 7.11 Å². The van der Waals surface area contributed by atoms with Crippen LogP contribution in [0.25, 0.3) is 0 Å². The monoisotopic (exact) mass is 268 g/mol. The minimum absolute atomic E-state index is 0.640. The van der Waals surface area contributed by atoms with Crippen molar-refractivity contribution >= 4 is 0 Å². The lowest BCUT2D eigenvalue weighted by atomic mass is 9.88. The van der Waals surface area contributed by atoms with Crippen LogP contribution < -0.4 is 5.32 Å². The van der Waals surface area contributed by atoms with Gasteiger partial charge in [0.05, 0.1) is 0 Å². The molecule has 2 bridgehead atoms. The molecule has 0 aliphatic heterocycles. The van der Waals surface area contributed by atoms with Crippen molar-refractivity contribution in [2.45, 2.75) is 45.1 Å². The number of hydrogen-bond donors (Lipinski definition) is 1. The van der Waals surface area contributed by atoms with Crippen LogP contribution in [0.1, 0.15) is 39.0 Å². The number of ether oxygens (including phenoxy) is 1. The van der Waals surface area contributed by atoms with Gasteiger partial charge in [0.15, 0.2) is 0 Å². The van der Waals surface area contributed by atoms with Gasteiger partial charge in [-0.25, -0.2) is 0 Å². The summed E-state index contributed by atoms with van der Waals surface area (Å²) in [7, 11) is 4.07. The van der Waals surface area contributed by atoms with E-state index in [1.165, 1.54) is 32.2 Å². The lowest BCUT2D eigenvalue weighted by molar-refractivity contribution is 0.174. The molecule has 0 saturated heterocycles. The molecular formula is C16H32N2O. The first-order valence-electron chi connectivity index (χ1n) is 8.10. The maximum atomic E-state index is 5.06. The SMILES string of the molecule is COCCCNCC(C)N(C)CC1CC2CCC1C2. The van der Waals surface area contributed by atoms with E-state index in [9.17, 15) is 0 Å². The number of likely N-dealkylation sites (N-methyl/N-ethyl adjacent to an activating group) is 1. The van der Waals surface area contributed by atoms with Gasteiger partial charge in [-0.2, -0.15) is 0 Å². The van der Waals surface area contributed by atoms with Gasteiger partial charge < -0.3 is 15.0 Å². The molecule has 2 saturated carbocycles. The molecule has 0 aromatic rings. The predicted octanol–water partition coefficient (Wildman–Crippen LogP) is 2.37. The first kappa shape index (κ1) is 15.3. The van der Waals surface area contributed by atoms with Crippen LogP contribution in [-0.2, 0) is 4.74 Å². The normalized spacial score (nSPS) is 31.3. The summed E-state index contributed by atoms with van der Waals surface area (Å²) in [5, 5.41) is 3.54. The van der Waals surface area contributed by atoms with Crippen molar-refractivity contribution in [3.05, 3.63) is 0 Å². The van der Waals surface area contributed by atoms with Gasteiger partial charge in [0.2, 0.25) is 0 Å². The van der Waals surface area contributed by atoms with Gasteiger partial charge in [-0.3, -0.25) is 0 Å². The Hall–Kier alpha value is -0.120. The maximum Gasteiger partial charge on any atom is 0.0474 e. The van der Waals surface area contributed by atoms with Gasteiger partial charge in [0.1, 0.15) is 0 Å². The summed E-state index contributed by atoms with van der Waals surface area (Å²) in [5.41, 5.74) is 0. The van der Waals surface area contributed by atoms with Crippen molar-refractivity contribution in [2.24, 2.45) is 17.8 Å². The Morgan fingerprint density at radius 2 is 2.16 bits per heavy atom. The summed E-state index contributed by atoms with van der Waals surface area (Å²) in [6.07, 6.45) is 7.17. The molecule has 0 radical (unpaired) electrons. The Labute approximate surface area is 119 Å². The van der Waals surface area contributed by atoms with Crippen LogP contribution in [0.5, 0.6) is 0 Å². The molecule has 2 aliphatic carbocycles. The minimum Gasteiger partial charge on any atom is -0.385 e. The first-order valence-corrected chi connectivity index (χ1v) is 8.10. The molecule has 3 nitrogen and oxygen atoms in total. The number of nitrogens with one attached hydrogen (secondary N) is 1. The molecule has 0 amide bonds. The quantitative estimate of drug-likeness (QED) is 0.650. The van der Waals surface area contributed by atoms with Crippen molar-refractivity contribution < 1.29 is 4.74 Å². The third-order valence-corrected chi connectivity index (χ3v) is 5.30. The zero-order valence-electron chi connectivity index (χ0n) is 13.0. The number of rotatable bonds is 9. The molecule has 0 aromatic carbocycles. The number of nitrogens with zero attached hydrogens (tertiary/aromatic N) is 1. The van der Waals surface area contributed by atoms with E-state index in [1.807, 2.05) is 0 Å². The van der Waals surface area contributed by atoms with Gasteiger partial charge in [-0.05, 0) is 64.0 Å². The fourth-order valence-electron chi connectivity index (χ4n) is 3.96. The fourth-order valence-corrected chi connectivity index (χ4v) is 3.96. The summed E-state index contributed by atoms with van der Waals surface area (Å²) in [6, 6.07) is 0.640. The van der Waals surface area contributed by atoms with Crippen molar-refractivity contribution in [2.75, 3.05) is 40.4 Å². The zero-order valence-corrected chi connectivity index (χ0v) is 13.0. The van der Waals surface area contributed by atoms with Gasteiger partial charge in [-0.1, -0.05) is 6.42 Å². The third kappa shape index (κ3) is 4.44. The van der Waals surface area contributed by atoms with Crippen LogP contribution in [-0.4, -0.2) is 51.3 Å². The average molecular weight is 268 g/mol. The van der Waals surface area contributed by atoms with Gasteiger partial charge in [0, 0.05) is 32.8 Å². The highest BCUT2D eigenvalue weighted by Gasteiger charge is 2.39. The van der Waals surface area contributed by atoms with E-state index < -0.39 is 0 Å². The Bertz CT molecular complexity index is 259. The van der Waals surface area contributed by atoms with E-state index in [4.69, 9.17) is 4.74 Å². The lowest BCUT2D eigenvalue weighted by Gasteiger charge is -2.31. The lowest BCUT2D eigenvalue weighted by Crippen LogP contribution is -2.41. The molecule has 4 unspecified atom stereocenters. The van der Waals surface area contributed by atoms with E-state index in [-0.39, 0.29) is 0 Å². The highest BCUT2D eigenvalue weighted by molar-refractivity contribution is 4.91. The Balaban J connectivity index is 1.58. The molecular weight excluding hydrogens is 236 g/mol. The second-order valence-electron chi connectivity index (χ2n) is 6.77. The molecule has 4 atom stereocenters. The van der Waals surface area contributed by atoms with Crippen molar-refractivity contribution in [1.82, 2.24) is 10.2 Å². The van der Waals surface area contributed by atoms with Crippen LogP contribution in [0, 0.1) is 17.8 Å². The maximum absolute atomic E-state index is 5.06. The Kier molecular flexibility index (Phi) is 6.11. The summed E-state index contributed by atoms with van der Waals surface area (Å²) in [5.74, 6) is 3.11. The molecule has 0 spiro atoms. The number of methoxy groups -OCH3 is 1. The molecule has 2 aliphatic rings. The van der Waals surface area contributed by atoms with Crippen molar-refractivity contribution in [1.29, 1.82) is 0 Å². The van der Waals surface area contributed by atoms with Crippen LogP contribution in [0.15, 0.2) is 0 Å². The number of fused-ring (bicyclic) bond motifs is 2. The summed E-state index contributed by atoms with van der Waals surface area (Å²) < 4.78 is 5.06. The second kappa shape index (κ2) is 7.61.